The highest BCUT2D eigenvalue weighted by Crippen LogP contribution is 2.45. The van der Waals surface area contributed by atoms with Crippen molar-refractivity contribution in [1.29, 1.82) is 5.26 Å². The van der Waals surface area contributed by atoms with E-state index in [1.165, 1.54) is 18.5 Å². The average Bonchev–Trinajstić information content (AvgIpc) is 3.45. The summed E-state index contributed by atoms with van der Waals surface area (Å²) in [6.45, 7) is -0.310. The van der Waals surface area contributed by atoms with Crippen LogP contribution in [0.2, 0.25) is 0 Å². The number of nitrogens with zero attached hydrogens (tertiary/aromatic N) is 5. The molecule has 12 heteroatoms. The smallest absolute Gasteiger partial charge is 0.269 e. The van der Waals surface area contributed by atoms with Crippen molar-refractivity contribution in [3.63, 3.8) is 0 Å². The number of aliphatic hydroxyl groups is 1. The first kappa shape index (κ1) is 19.3. The van der Waals surface area contributed by atoms with Crippen LogP contribution in [0.3, 0.4) is 0 Å². The van der Waals surface area contributed by atoms with Gasteiger partial charge in [0.1, 0.15) is 42.2 Å². The second kappa shape index (κ2) is 7.25. The Morgan fingerprint density at radius 1 is 1.23 bits per heavy atom. The van der Waals surface area contributed by atoms with E-state index in [-0.39, 0.29) is 23.7 Å². The monoisotopic (exact) mass is 424 g/mol. The zero-order chi connectivity index (χ0) is 21.7. The lowest BCUT2D eigenvalue weighted by molar-refractivity contribution is -0.384. The van der Waals surface area contributed by atoms with Crippen molar-refractivity contribution in [3.05, 3.63) is 58.0 Å². The van der Waals surface area contributed by atoms with Crippen LogP contribution >= 0.6 is 0 Å². The lowest BCUT2D eigenvalue weighted by Crippen LogP contribution is -2.30. The maximum Gasteiger partial charge on any atom is 0.269 e. The molecule has 3 N–H and O–H groups in total. The minimum absolute atomic E-state index is 0.0449. The summed E-state index contributed by atoms with van der Waals surface area (Å²) in [5, 5.41) is 30.6. The summed E-state index contributed by atoms with van der Waals surface area (Å²) in [5.74, 6) is 0.168. The van der Waals surface area contributed by atoms with Crippen LogP contribution in [0.1, 0.15) is 23.6 Å². The van der Waals surface area contributed by atoms with Crippen LogP contribution in [-0.2, 0) is 14.2 Å². The van der Waals surface area contributed by atoms with Crippen molar-refractivity contribution in [2.24, 2.45) is 0 Å². The minimum Gasteiger partial charge on any atom is -0.394 e. The number of nitriles is 1. The molecule has 2 aromatic heterocycles. The summed E-state index contributed by atoms with van der Waals surface area (Å²) in [5.41, 5.74) is 7.17. The molecule has 4 heterocycles. The molecule has 0 saturated carbocycles. The number of fused-ring (bicyclic) bond motifs is 2. The Kier molecular flexibility index (Phi) is 4.53. The van der Waals surface area contributed by atoms with Gasteiger partial charge in [0.2, 0.25) is 0 Å². The Balaban J connectivity index is 1.50. The molecule has 3 aromatic rings. The maximum absolute atomic E-state index is 10.9. The second-order valence-electron chi connectivity index (χ2n) is 7.15. The number of nitrogens with two attached hydrogens (primary N) is 1. The van der Waals surface area contributed by atoms with Crippen molar-refractivity contribution in [2.45, 2.75) is 30.8 Å². The van der Waals surface area contributed by atoms with Crippen LogP contribution in [0, 0.1) is 21.4 Å². The Labute approximate surface area is 174 Å². The number of anilines is 1. The summed E-state index contributed by atoms with van der Waals surface area (Å²) >= 11 is 0. The quantitative estimate of drug-likeness (QED) is 0.457. The number of ether oxygens (including phenoxy) is 3. The van der Waals surface area contributed by atoms with Gasteiger partial charge in [-0.1, -0.05) is 0 Å². The molecule has 0 aliphatic carbocycles. The van der Waals surface area contributed by atoms with Crippen LogP contribution < -0.4 is 5.73 Å². The molecule has 5 atom stereocenters. The Bertz CT molecular complexity index is 1210. The fourth-order valence-corrected chi connectivity index (χ4v) is 4.00. The van der Waals surface area contributed by atoms with Crippen molar-refractivity contribution < 1.29 is 24.2 Å². The number of aromatic nitrogens is 3. The zero-order valence-electron chi connectivity index (χ0n) is 15.9. The largest absolute Gasteiger partial charge is 0.394 e. The number of aliphatic hydroxyl groups excluding tert-OH is 1. The third-order valence-electron chi connectivity index (χ3n) is 5.44. The number of rotatable bonds is 4. The van der Waals surface area contributed by atoms with E-state index in [1.54, 1.807) is 22.9 Å². The van der Waals surface area contributed by atoms with E-state index in [0.717, 1.165) is 0 Å². The van der Waals surface area contributed by atoms with Gasteiger partial charge >= 0.3 is 0 Å². The predicted molar refractivity (Wildman–Crippen MR) is 103 cm³/mol. The van der Waals surface area contributed by atoms with Gasteiger partial charge in [-0.3, -0.25) is 10.1 Å². The number of benzene rings is 1. The van der Waals surface area contributed by atoms with Crippen molar-refractivity contribution in [3.8, 4) is 6.07 Å². The van der Waals surface area contributed by atoms with E-state index in [1.807, 2.05) is 0 Å². The van der Waals surface area contributed by atoms with Gasteiger partial charge in [0.15, 0.2) is 12.5 Å². The molecule has 2 fully saturated rings. The molecule has 1 unspecified atom stereocenters. The number of nitro benzene ring substituents is 1. The van der Waals surface area contributed by atoms with Gasteiger partial charge in [0.25, 0.3) is 5.69 Å². The van der Waals surface area contributed by atoms with Gasteiger partial charge in [-0.15, -0.1) is 0 Å². The number of non-ortho nitro benzene ring substituents is 1. The lowest BCUT2D eigenvalue weighted by atomic mass is 10.1. The summed E-state index contributed by atoms with van der Waals surface area (Å²) in [6.07, 6.45) is -0.609. The van der Waals surface area contributed by atoms with E-state index in [9.17, 15) is 20.5 Å². The van der Waals surface area contributed by atoms with Gasteiger partial charge in [-0.05, 0) is 12.1 Å². The molecule has 0 amide bonds. The van der Waals surface area contributed by atoms with Crippen LogP contribution in [0.25, 0.3) is 11.0 Å². The molecule has 0 spiro atoms. The van der Waals surface area contributed by atoms with Gasteiger partial charge in [-0.25, -0.2) is 9.97 Å². The first-order valence-corrected chi connectivity index (χ1v) is 9.34. The number of hydrogen-bond acceptors (Lipinski definition) is 10. The number of hydrogen-bond donors (Lipinski definition) is 2. The molecule has 1 aromatic carbocycles. The second-order valence-corrected chi connectivity index (χ2v) is 7.15. The molecule has 2 aliphatic rings. The maximum atomic E-state index is 10.9. The molecule has 31 heavy (non-hydrogen) atoms. The van der Waals surface area contributed by atoms with Crippen LogP contribution in [-0.4, -0.2) is 49.5 Å². The fourth-order valence-electron chi connectivity index (χ4n) is 4.00. The predicted octanol–water partition coefficient (Wildman–Crippen LogP) is 1.17. The van der Waals surface area contributed by atoms with E-state index < -0.39 is 35.8 Å². The first-order chi connectivity index (χ1) is 15.0. The molecular formula is C19H16N6O6. The molecule has 5 rings (SSSR count). The van der Waals surface area contributed by atoms with Crippen LogP contribution in [0.4, 0.5) is 11.5 Å². The van der Waals surface area contributed by atoms with E-state index >= 15 is 0 Å². The van der Waals surface area contributed by atoms with Crippen molar-refractivity contribution in [1.82, 2.24) is 14.5 Å². The third-order valence-corrected chi connectivity index (χ3v) is 5.44. The zero-order valence-corrected chi connectivity index (χ0v) is 15.9. The van der Waals surface area contributed by atoms with Gasteiger partial charge in [-0.2, -0.15) is 5.26 Å². The summed E-state index contributed by atoms with van der Waals surface area (Å²) in [4.78, 5) is 18.6. The summed E-state index contributed by atoms with van der Waals surface area (Å²) < 4.78 is 19.7. The number of nitro groups is 1. The molecule has 2 aliphatic heterocycles. The van der Waals surface area contributed by atoms with Gasteiger partial charge < -0.3 is 29.6 Å². The van der Waals surface area contributed by atoms with Crippen molar-refractivity contribution in [2.75, 3.05) is 12.3 Å². The fraction of sp³-hybridized carbons (Fsp3) is 0.316. The topological polar surface area (TPSA) is 172 Å². The minimum atomic E-state index is -0.798. The molecular weight excluding hydrogens is 408 g/mol. The molecule has 12 nitrogen and oxygen atoms in total. The molecule has 0 radical (unpaired) electrons. The standard InChI is InChI=1S/C19H16N6O6/c20-5-10-6-24(17-13(10)16(21)22-8-23-17)18-15-14(12(7-26)29-18)30-19(31-15)9-1-3-11(4-2-9)25(27)28/h1-4,6,8,12,14-15,18-19,26H,7H2,(H2,21,22,23)/t12-,14-,15-,18-,19?/m1/s1. The highest BCUT2D eigenvalue weighted by Gasteiger charge is 2.53. The first-order valence-electron chi connectivity index (χ1n) is 9.34. The molecule has 2 saturated heterocycles. The lowest BCUT2D eigenvalue weighted by Gasteiger charge is -2.21. The van der Waals surface area contributed by atoms with E-state index in [2.05, 4.69) is 16.0 Å². The van der Waals surface area contributed by atoms with Gasteiger partial charge in [0.05, 0.1) is 22.5 Å². The Morgan fingerprint density at radius 3 is 2.65 bits per heavy atom. The van der Waals surface area contributed by atoms with E-state index in [0.29, 0.717) is 16.6 Å². The number of nitrogen functional groups attached to an aromatic ring is 1. The summed E-state index contributed by atoms with van der Waals surface area (Å²) in [6, 6.07) is 7.92. The Morgan fingerprint density at radius 2 is 1.97 bits per heavy atom. The highest BCUT2D eigenvalue weighted by molar-refractivity contribution is 5.92. The average molecular weight is 424 g/mol. The van der Waals surface area contributed by atoms with Crippen LogP contribution in [0.5, 0.6) is 0 Å². The normalized spacial score (nSPS) is 27.3. The summed E-state index contributed by atoms with van der Waals surface area (Å²) in [7, 11) is 0. The SMILES string of the molecule is N#Cc1cn([C@@H]2O[C@H](CO)[C@H]3OC(c4ccc([N+](=O)[O-])cc4)O[C@H]32)c2ncnc(N)c12. The van der Waals surface area contributed by atoms with E-state index in [4.69, 9.17) is 19.9 Å². The highest BCUT2D eigenvalue weighted by atomic mass is 16.8. The van der Waals surface area contributed by atoms with Gasteiger partial charge in [0, 0.05) is 23.9 Å². The van der Waals surface area contributed by atoms with Crippen molar-refractivity contribution >= 4 is 22.5 Å². The van der Waals surface area contributed by atoms with Crippen LogP contribution in [0.15, 0.2) is 36.8 Å². The molecule has 0 bridgehead atoms. The molecule has 158 valence electrons. The Hall–Kier alpha value is -3.63. The third kappa shape index (κ3) is 2.99.